The molecule has 0 saturated heterocycles. The molecule has 3 rings (SSSR count). The van der Waals surface area contributed by atoms with Crippen molar-refractivity contribution in [2.24, 2.45) is 5.84 Å². The number of benzene rings is 1. The fourth-order valence-corrected chi connectivity index (χ4v) is 3.43. The quantitative estimate of drug-likeness (QED) is 0.541. The second kappa shape index (κ2) is 5.93. The first kappa shape index (κ1) is 14.2. The molecule has 2 heterocycles. The zero-order chi connectivity index (χ0) is 14.8. The largest absolute Gasteiger partial charge is 0.308 e. The first-order chi connectivity index (χ1) is 10.2. The monoisotopic (exact) mass is 360 g/mol. The van der Waals surface area contributed by atoms with Gasteiger partial charge in [-0.1, -0.05) is 30.3 Å². The molecule has 1 aromatic carbocycles. The molecule has 6 heteroatoms. The van der Waals surface area contributed by atoms with Crippen LogP contribution in [-0.2, 0) is 0 Å². The van der Waals surface area contributed by atoms with Crippen molar-refractivity contribution in [3.8, 4) is 22.0 Å². The van der Waals surface area contributed by atoms with Crippen LogP contribution in [0.25, 0.3) is 22.0 Å². The molecule has 3 N–H and O–H groups in total. The summed E-state index contributed by atoms with van der Waals surface area (Å²) in [6.45, 7) is 2.06. The van der Waals surface area contributed by atoms with Gasteiger partial charge in [0.2, 0.25) is 0 Å². The van der Waals surface area contributed by atoms with Crippen LogP contribution in [-0.4, -0.2) is 9.97 Å². The van der Waals surface area contributed by atoms with Crippen molar-refractivity contribution < 1.29 is 0 Å². The molecule has 0 aliphatic rings. The minimum absolute atomic E-state index is 0.598. The maximum Gasteiger partial charge on any atom is 0.172 e. The Balaban J connectivity index is 2.13. The summed E-state index contributed by atoms with van der Waals surface area (Å²) >= 11 is 5.18. The number of nitrogen functional groups attached to an aromatic ring is 1. The first-order valence-corrected chi connectivity index (χ1v) is 7.96. The van der Waals surface area contributed by atoms with Gasteiger partial charge in [0.15, 0.2) is 5.82 Å². The molecule has 0 aliphatic heterocycles. The standard InChI is InChI=1S/C15H13BrN4S/c1-9-11(16)7-13(21-9)15-18-12(8-14(19-15)20-17)10-5-3-2-4-6-10/h2-8H,17H2,1H3,(H,18,19,20). The van der Waals surface area contributed by atoms with E-state index in [2.05, 4.69) is 38.2 Å². The van der Waals surface area contributed by atoms with Crippen molar-refractivity contribution in [1.29, 1.82) is 0 Å². The topological polar surface area (TPSA) is 63.8 Å². The van der Waals surface area contributed by atoms with Crippen LogP contribution >= 0.6 is 27.3 Å². The number of hydrogen-bond donors (Lipinski definition) is 2. The number of anilines is 1. The van der Waals surface area contributed by atoms with E-state index in [-0.39, 0.29) is 0 Å². The van der Waals surface area contributed by atoms with E-state index in [9.17, 15) is 0 Å². The Morgan fingerprint density at radius 3 is 2.52 bits per heavy atom. The molecular weight excluding hydrogens is 348 g/mol. The van der Waals surface area contributed by atoms with Crippen LogP contribution in [0.4, 0.5) is 5.82 Å². The van der Waals surface area contributed by atoms with Crippen LogP contribution in [0.2, 0.25) is 0 Å². The molecule has 0 atom stereocenters. The molecular formula is C15H13BrN4S. The molecule has 106 valence electrons. The van der Waals surface area contributed by atoms with Crippen LogP contribution in [0.5, 0.6) is 0 Å². The Morgan fingerprint density at radius 2 is 1.90 bits per heavy atom. The summed E-state index contributed by atoms with van der Waals surface area (Å²) in [6, 6.07) is 13.9. The Bertz CT molecular complexity index is 751. The second-order valence-corrected chi connectivity index (χ2v) is 6.60. The van der Waals surface area contributed by atoms with Crippen molar-refractivity contribution in [2.45, 2.75) is 6.92 Å². The number of nitrogens with two attached hydrogens (primary N) is 1. The number of aromatic nitrogens is 2. The summed E-state index contributed by atoms with van der Waals surface area (Å²) in [5, 5.41) is 0. The molecule has 0 fully saturated rings. The summed E-state index contributed by atoms with van der Waals surface area (Å²) in [5.74, 6) is 6.80. The number of nitrogens with one attached hydrogen (secondary N) is 1. The van der Waals surface area contributed by atoms with Crippen molar-refractivity contribution in [2.75, 3.05) is 5.43 Å². The molecule has 0 radical (unpaired) electrons. The summed E-state index contributed by atoms with van der Waals surface area (Å²) < 4.78 is 1.07. The van der Waals surface area contributed by atoms with Crippen LogP contribution in [0, 0.1) is 6.92 Å². The SMILES string of the molecule is Cc1sc(-c2nc(NN)cc(-c3ccccc3)n2)cc1Br. The third kappa shape index (κ3) is 2.97. The smallest absolute Gasteiger partial charge is 0.172 e. The number of thiophene rings is 1. The van der Waals surface area contributed by atoms with Crippen molar-refractivity contribution >= 4 is 33.1 Å². The van der Waals surface area contributed by atoms with Crippen LogP contribution in [0.1, 0.15) is 4.88 Å². The Labute approximate surface area is 135 Å². The molecule has 0 aliphatic carbocycles. The molecule has 2 aromatic heterocycles. The first-order valence-electron chi connectivity index (χ1n) is 6.35. The highest BCUT2D eigenvalue weighted by molar-refractivity contribution is 9.10. The van der Waals surface area contributed by atoms with Gasteiger partial charge in [0.1, 0.15) is 5.82 Å². The summed E-state index contributed by atoms with van der Waals surface area (Å²) in [6.07, 6.45) is 0. The van der Waals surface area contributed by atoms with Gasteiger partial charge in [-0.3, -0.25) is 0 Å². The minimum atomic E-state index is 0.598. The van der Waals surface area contributed by atoms with Gasteiger partial charge < -0.3 is 5.43 Å². The Kier molecular flexibility index (Phi) is 4.01. The maximum absolute atomic E-state index is 5.53. The summed E-state index contributed by atoms with van der Waals surface area (Å²) in [5.41, 5.74) is 4.49. The van der Waals surface area contributed by atoms with E-state index in [0.29, 0.717) is 11.6 Å². The highest BCUT2D eigenvalue weighted by Crippen LogP contribution is 2.33. The summed E-state index contributed by atoms with van der Waals surface area (Å²) in [4.78, 5) is 11.3. The number of hydrogen-bond acceptors (Lipinski definition) is 5. The van der Waals surface area contributed by atoms with E-state index in [1.807, 2.05) is 42.5 Å². The van der Waals surface area contributed by atoms with Gasteiger partial charge in [0.05, 0.1) is 10.6 Å². The van der Waals surface area contributed by atoms with E-state index in [1.165, 1.54) is 4.88 Å². The zero-order valence-corrected chi connectivity index (χ0v) is 13.7. The molecule has 3 aromatic rings. The van der Waals surface area contributed by atoms with Crippen LogP contribution in [0.3, 0.4) is 0 Å². The fraction of sp³-hybridized carbons (Fsp3) is 0.0667. The predicted octanol–water partition coefficient (Wildman–Crippen LogP) is 4.23. The van der Waals surface area contributed by atoms with Gasteiger partial charge in [-0.15, -0.1) is 11.3 Å². The van der Waals surface area contributed by atoms with Crippen molar-refractivity contribution in [3.05, 3.63) is 51.8 Å². The third-order valence-corrected chi connectivity index (χ3v) is 5.15. The van der Waals surface area contributed by atoms with Gasteiger partial charge in [-0.05, 0) is 28.9 Å². The molecule has 0 amide bonds. The highest BCUT2D eigenvalue weighted by Gasteiger charge is 2.11. The number of halogens is 1. The van der Waals surface area contributed by atoms with E-state index in [1.54, 1.807) is 11.3 Å². The third-order valence-electron chi connectivity index (χ3n) is 3.02. The average molecular weight is 361 g/mol. The molecule has 4 nitrogen and oxygen atoms in total. The van der Waals surface area contributed by atoms with Crippen molar-refractivity contribution in [1.82, 2.24) is 9.97 Å². The second-order valence-electron chi connectivity index (χ2n) is 4.49. The Morgan fingerprint density at radius 1 is 1.14 bits per heavy atom. The molecule has 21 heavy (non-hydrogen) atoms. The molecule has 0 unspecified atom stereocenters. The number of hydrazine groups is 1. The van der Waals surface area contributed by atoms with Crippen LogP contribution < -0.4 is 11.3 Å². The van der Waals surface area contributed by atoms with Gasteiger partial charge >= 0.3 is 0 Å². The lowest BCUT2D eigenvalue weighted by atomic mass is 10.1. The number of rotatable bonds is 3. The molecule has 0 spiro atoms. The van der Waals surface area contributed by atoms with E-state index in [0.717, 1.165) is 20.6 Å². The van der Waals surface area contributed by atoms with E-state index in [4.69, 9.17) is 5.84 Å². The lowest BCUT2D eigenvalue weighted by Crippen LogP contribution is -2.09. The number of aryl methyl sites for hydroxylation is 1. The normalized spacial score (nSPS) is 10.6. The van der Waals surface area contributed by atoms with E-state index < -0.39 is 0 Å². The lowest BCUT2D eigenvalue weighted by Gasteiger charge is -2.06. The number of nitrogens with zero attached hydrogens (tertiary/aromatic N) is 2. The fourth-order valence-electron chi connectivity index (χ4n) is 1.96. The van der Waals surface area contributed by atoms with Gasteiger partial charge in [-0.25, -0.2) is 15.8 Å². The molecule has 0 saturated carbocycles. The Hall–Kier alpha value is -1.76. The van der Waals surface area contributed by atoms with Gasteiger partial charge in [0, 0.05) is 21.0 Å². The zero-order valence-electron chi connectivity index (χ0n) is 11.3. The molecule has 0 bridgehead atoms. The van der Waals surface area contributed by atoms with E-state index >= 15 is 0 Å². The minimum Gasteiger partial charge on any atom is -0.308 e. The van der Waals surface area contributed by atoms with Crippen LogP contribution in [0.15, 0.2) is 46.9 Å². The van der Waals surface area contributed by atoms with Crippen molar-refractivity contribution in [3.63, 3.8) is 0 Å². The van der Waals surface area contributed by atoms with Gasteiger partial charge in [0.25, 0.3) is 0 Å². The predicted molar refractivity (Wildman–Crippen MR) is 91.0 cm³/mol. The lowest BCUT2D eigenvalue weighted by molar-refractivity contribution is 1.16. The highest BCUT2D eigenvalue weighted by atomic mass is 79.9. The van der Waals surface area contributed by atoms with Gasteiger partial charge in [-0.2, -0.15) is 0 Å². The summed E-state index contributed by atoms with van der Waals surface area (Å²) in [7, 11) is 0. The maximum atomic E-state index is 5.53. The average Bonchev–Trinajstić information content (AvgIpc) is 2.87.